The lowest BCUT2D eigenvalue weighted by Gasteiger charge is -2.11. The Bertz CT molecular complexity index is 1460. The molecule has 4 rings (SSSR count). The molecule has 0 bridgehead atoms. The van der Waals surface area contributed by atoms with Crippen molar-refractivity contribution in [3.8, 4) is 33.8 Å². The largest absolute Gasteiger partial charge is 0.490 e. The summed E-state index contributed by atoms with van der Waals surface area (Å²) in [5.41, 5.74) is 2.02. The molecule has 0 fully saturated rings. The van der Waals surface area contributed by atoms with Crippen LogP contribution in [0.25, 0.3) is 22.3 Å². The molecule has 0 unspecified atom stereocenters. The first-order chi connectivity index (χ1) is 18.3. The number of aryl methyl sites for hydroxylation is 1. The maximum atomic E-state index is 14.9. The summed E-state index contributed by atoms with van der Waals surface area (Å²) in [6, 6.07) is 17.8. The normalized spacial score (nSPS) is 10.8. The quantitative estimate of drug-likeness (QED) is 0.0730. The van der Waals surface area contributed by atoms with Crippen molar-refractivity contribution in [1.82, 2.24) is 0 Å². The van der Waals surface area contributed by atoms with Crippen molar-refractivity contribution in [3.63, 3.8) is 0 Å². The number of carbonyl (C=O) groups is 1. The first-order valence-corrected chi connectivity index (χ1v) is 11.9. The van der Waals surface area contributed by atoms with Crippen LogP contribution in [0, 0.1) is 30.2 Å². The number of unbranched alkanes of at least 4 members (excludes halogenated alkanes) is 1. The van der Waals surface area contributed by atoms with E-state index in [-0.39, 0.29) is 29.0 Å². The highest BCUT2D eigenvalue weighted by atomic mass is 19.2. The van der Waals surface area contributed by atoms with E-state index < -0.39 is 35.0 Å². The lowest BCUT2D eigenvalue weighted by atomic mass is 9.98. The summed E-state index contributed by atoms with van der Waals surface area (Å²) in [4.78, 5) is 12.5. The van der Waals surface area contributed by atoms with Crippen LogP contribution in [0.2, 0.25) is 0 Å². The minimum Gasteiger partial charge on any atom is -0.490 e. The van der Waals surface area contributed by atoms with E-state index >= 15 is 0 Å². The smallest absolute Gasteiger partial charge is 0.343 e. The molecular formula is C31H24F4O3. The predicted octanol–water partition coefficient (Wildman–Crippen LogP) is 8.45. The van der Waals surface area contributed by atoms with E-state index in [1.807, 2.05) is 19.1 Å². The molecule has 38 heavy (non-hydrogen) atoms. The molecular weight excluding hydrogens is 496 g/mol. The predicted molar refractivity (Wildman–Crippen MR) is 138 cm³/mol. The fourth-order valence-electron chi connectivity index (χ4n) is 3.79. The second-order valence-corrected chi connectivity index (χ2v) is 8.59. The third kappa shape index (κ3) is 5.78. The van der Waals surface area contributed by atoms with Crippen molar-refractivity contribution in [2.45, 2.75) is 19.8 Å². The average Bonchev–Trinajstić information content (AvgIpc) is 2.92. The van der Waals surface area contributed by atoms with Gasteiger partial charge in [0.1, 0.15) is 0 Å². The van der Waals surface area contributed by atoms with Crippen LogP contribution in [-0.4, -0.2) is 12.6 Å². The number of ether oxygens (including phenoxy) is 2. The molecule has 0 radical (unpaired) electrons. The monoisotopic (exact) mass is 520 g/mol. The maximum Gasteiger partial charge on any atom is 0.343 e. The van der Waals surface area contributed by atoms with Gasteiger partial charge in [-0.2, -0.15) is 8.78 Å². The molecule has 7 heteroatoms. The first-order valence-electron chi connectivity index (χ1n) is 11.9. The number of hydrogen-bond donors (Lipinski definition) is 0. The van der Waals surface area contributed by atoms with Crippen molar-refractivity contribution in [3.05, 3.63) is 120 Å². The van der Waals surface area contributed by atoms with E-state index in [4.69, 9.17) is 9.47 Å². The standard InChI is InChI=1S/C31H24F4O3/c1-3-4-5-18-37-25-16-17-26(30(35)29(25)34)38-31(36)22-12-10-21(11-13-22)24-15-14-23(27(32)28(24)33)20-8-6-19(2)7-9-20/h3,6-17H,1,4-5,18H2,2H3. The van der Waals surface area contributed by atoms with Crippen molar-refractivity contribution >= 4 is 5.97 Å². The van der Waals surface area contributed by atoms with Gasteiger partial charge in [-0.1, -0.05) is 60.2 Å². The van der Waals surface area contributed by atoms with E-state index in [1.54, 1.807) is 18.2 Å². The molecule has 0 aliphatic carbocycles. The highest BCUT2D eigenvalue weighted by Crippen LogP contribution is 2.32. The summed E-state index contributed by atoms with van der Waals surface area (Å²) in [6.45, 7) is 5.65. The number of carbonyl (C=O) groups excluding carboxylic acids is 1. The zero-order chi connectivity index (χ0) is 27.2. The van der Waals surface area contributed by atoms with E-state index in [0.717, 1.165) is 11.6 Å². The molecule has 3 nitrogen and oxygen atoms in total. The fourth-order valence-corrected chi connectivity index (χ4v) is 3.79. The van der Waals surface area contributed by atoms with Gasteiger partial charge in [-0.05, 0) is 55.2 Å². The number of benzene rings is 4. The Morgan fingerprint density at radius 3 is 1.84 bits per heavy atom. The lowest BCUT2D eigenvalue weighted by molar-refractivity contribution is 0.0726. The Morgan fingerprint density at radius 2 is 1.26 bits per heavy atom. The lowest BCUT2D eigenvalue weighted by Crippen LogP contribution is -2.10. The zero-order valence-electron chi connectivity index (χ0n) is 20.6. The van der Waals surface area contributed by atoms with Crippen LogP contribution in [0.5, 0.6) is 11.5 Å². The Balaban J connectivity index is 1.48. The number of esters is 1. The molecule has 0 spiro atoms. The third-order valence-corrected chi connectivity index (χ3v) is 5.90. The van der Waals surface area contributed by atoms with Gasteiger partial charge in [0, 0.05) is 11.1 Å². The molecule has 0 saturated heterocycles. The highest BCUT2D eigenvalue weighted by Gasteiger charge is 2.20. The third-order valence-electron chi connectivity index (χ3n) is 5.90. The molecule has 194 valence electrons. The summed E-state index contributed by atoms with van der Waals surface area (Å²) in [6.07, 6.45) is 2.94. The van der Waals surface area contributed by atoms with Crippen LogP contribution >= 0.6 is 0 Å². The van der Waals surface area contributed by atoms with Gasteiger partial charge in [-0.25, -0.2) is 13.6 Å². The number of hydrogen-bond acceptors (Lipinski definition) is 3. The molecule has 4 aromatic carbocycles. The van der Waals surface area contributed by atoms with Crippen LogP contribution in [0.4, 0.5) is 17.6 Å². The number of allylic oxidation sites excluding steroid dienone is 1. The van der Waals surface area contributed by atoms with Gasteiger partial charge in [0.15, 0.2) is 23.1 Å². The van der Waals surface area contributed by atoms with Gasteiger partial charge in [0.05, 0.1) is 12.2 Å². The van der Waals surface area contributed by atoms with Crippen LogP contribution in [0.3, 0.4) is 0 Å². The summed E-state index contributed by atoms with van der Waals surface area (Å²) >= 11 is 0. The van der Waals surface area contributed by atoms with Gasteiger partial charge in [-0.15, -0.1) is 6.58 Å². The van der Waals surface area contributed by atoms with Gasteiger partial charge >= 0.3 is 5.97 Å². The highest BCUT2D eigenvalue weighted by molar-refractivity contribution is 5.91. The molecule has 4 aromatic rings. The number of rotatable bonds is 9. The topological polar surface area (TPSA) is 35.5 Å². The minimum absolute atomic E-state index is 0.00933. The number of halogens is 4. The molecule has 0 aliphatic heterocycles. The van der Waals surface area contributed by atoms with E-state index in [9.17, 15) is 22.4 Å². The van der Waals surface area contributed by atoms with Crippen LogP contribution in [0.15, 0.2) is 85.5 Å². The fraction of sp³-hybridized carbons (Fsp3) is 0.129. The van der Waals surface area contributed by atoms with E-state index in [0.29, 0.717) is 24.0 Å². The second-order valence-electron chi connectivity index (χ2n) is 8.59. The van der Waals surface area contributed by atoms with Gasteiger partial charge in [0.25, 0.3) is 0 Å². The summed E-state index contributed by atoms with van der Waals surface area (Å²) in [5.74, 6) is -6.48. The van der Waals surface area contributed by atoms with Crippen LogP contribution in [0.1, 0.15) is 28.8 Å². The maximum absolute atomic E-state index is 14.9. The van der Waals surface area contributed by atoms with Gasteiger partial charge < -0.3 is 9.47 Å². The van der Waals surface area contributed by atoms with Crippen molar-refractivity contribution in [2.75, 3.05) is 6.61 Å². The first kappa shape index (κ1) is 26.7. The van der Waals surface area contributed by atoms with Crippen molar-refractivity contribution in [2.24, 2.45) is 0 Å². The van der Waals surface area contributed by atoms with Gasteiger partial charge in [0.2, 0.25) is 11.6 Å². The average molecular weight is 521 g/mol. The summed E-state index contributed by atoms with van der Waals surface area (Å²) < 4.78 is 68.8. The molecule has 0 saturated carbocycles. The Kier molecular flexibility index (Phi) is 8.26. The minimum atomic E-state index is -1.36. The Hall–Kier alpha value is -4.39. The molecule has 0 heterocycles. The molecule has 0 amide bonds. The SMILES string of the molecule is C=CCCCOc1ccc(OC(=O)c2ccc(-c3ccc(-c4ccc(C)cc4)c(F)c3F)cc2)c(F)c1F. The molecule has 0 aliphatic rings. The Labute approximate surface area is 218 Å². The molecule has 0 N–H and O–H groups in total. The van der Waals surface area contributed by atoms with Crippen LogP contribution in [-0.2, 0) is 0 Å². The van der Waals surface area contributed by atoms with Crippen molar-refractivity contribution in [1.29, 1.82) is 0 Å². The summed E-state index contributed by atoms with van der Waals surface area (Å²) in [5, 5.41) is 0. The summed E-state index contributed by atoms with van der Waals surface area (Å²) in [7, 11) is 0. The molecule has 0 aromatic heterocycles. The van der Waals surface area contributed by atoms with E-state index in [2.05, 4.69) is 6.58 Å². The zero-order valence-corrected chi connectivity index (χ0v) is 20.6. The van der Waals surface area contributed by atoms with Gasteiger partial charge in [-0.3, -0.25) is 0 Å². The second kappa shape index (κ2) is 11.8. The van der Waals surface area contributed by atoms with Crippen LogP contribution < -0.4 is 9.47 Å². The van der Waals surface area contributed by atoms with E-state index in [1.165, 1.54) is 42.5 Å². The Morgan fingerprint density at radius 1 is 0.737 bits per heavy atom. The van der Waals surface area contributed by atoms with Crippen molar-refractivity contribution < 1.29 is 31.8 Å². The molecule has 0 atom stereocenters.